The van der Waals surface area contributed by atoms with Crippen LogP contribution in [0.3, 0.4) is 0 Å². The van der Waals surface area contributed by atoms with E-state index in [0.29, 0.717) is 18.5 Å². The SMILES string of the molecule is CCC(CC)(CCO)CNC(=O)c1ccc(-n2cncn2)cc1. The molecule has 1 aromatic heterocycles. The van der Waals surface area contributed by atoms with Crippen LogP contribution in [0, 0.1) is 5.41 Å². The Kier molecular flexibility index (Phi) is 5.87. The van der Waals surface area contributed by atoms with Crippen molar-refractivity contribution >= 4 is 5.91 Å². The van der Waals surface area contributed by atoms with Crippen molar-refractivity contribution in [2.45, 2.75) is 33.1 Å². The second-order valence-corrected chi connectivity index (χ2v) is 5.75. The van der Waals surface area contributed by atoms with E-state index in [9.17, 15) is 9.90 Å². The molecule has 6 nitrogen and oxygen atoms in total. The maximum Gasteiger partial charge on any atom is 0.251 e. The standard InChI is InChI=1S/C17H24N4O2/c1-3-17(4-2,9-10-22)11-19-16(23)14-5-7-15(8-6-14)21-13-18-12-20-21/h5-8,12-13,22H,3-4,9-11H2,1-2H3,(H,19,23). The van der Waals surface area contributed by atoms with Gasteiger partial charge in [-0.3, -0.25) is 4.79 Å². The molecule has 1 amide bonds. The maximum absolute atomic E-state index is 12.3. The van der Waals surface area contributed by atoms with Crippen molar-refractivity contribution in [2.24, 2.45) is 5.41 Å². The highest BCUT2D eigenvalue weighted by atomic mass is 16.3. The Morgan fingerprint density at radius 1 is 1.26 bits per heavy atom. The highest BCUT2D eigenvalue weighted by molar-refractivity contribution is 5.94. The number of nitrogens with one attached hydrogen (secondary N) is 1. The molecule has 0 aliphatic rings. The van der Waals surface area contributed by atoms with Crippen LogP contribution in [-0.2, 0) is 0 Å². The zero-order valence-corrected chi connectivity index (χ0v) is 13.7. The fourth-order valence-corrected chi connectivity index (χ4v) is 2.66. The summed E-state index contributed by atoms with van der Waals surface area (Å²) >= 11 is 0. The second-order valence-electron chi connectivity index (χ2n) is 5.75. The Labute approximate surface area is 136 Å². The molecule has 0 bridgehead atoms. The van der Waals surface area contributed by atoms with E-state index in [1.165, 1.54) is 6.33 Å². The molecule has 124 valence electrons. The molecule has 23 heavy (non-hydrogen) atoms. The van der Waals surface area contributed by atoms with Crippen molar-refractivity contribution in [2.75, 3.05) is 13.2 Å². The Morgan fingerprint density at radius 2 is 1.96 bits per heavy atom. The van der Waals surface area contributed by atoms with Crippen LogP contribution in [0.5, 0.6) is 0 Å². The lowest BCUT2D eigenvalue weighted by molar-refractivity contribution is 0.0907. The minimum atomic E-state index is -0.0978. The van der Waals surface area contributed by atoms with Gasteiger partial charge in [0.1, 0.15) is 12.7 Å². The fraction of sp³-hybridized carbons (Fsp3) is 0.471. The monoisotopic (exact) mass is 316 g/mol. The minimum Gasteiger partial charge on any atom is -0.396 e. The van der Waals surface area contributed by atoms with Crippen molar-refractivity contribution in [1.82, 2.24) is 20.1 Å². The molecule has 6 heteroatoms. The van der Waals surface area contributed by atoms with Crippen molar-refractivity contribution in [3.8, 4) is 5.69 Å². The molecule has 1 heterocycles. The van der Waals surface area contributed by atoms with Gasteiger partial charge in [0.15, 0.2) is 0 Å². The highest BCUT2D eigenvalue weighted by Crippen LogP contribution is 2.29. The number of rotatable bonds is 8. The number of nitrogens with zero attached hydrogens (tertiary/aromatic N) is 3. The third-order valence-corrected chi connectivity index (χ3v) is 4.58. The average Bonchev–Trinajstić information content (AvgIpc) is 3.13. The number of amides is 1. The summed E-state index contributed by atoms with van der Waals surface area (Å²) in [5, 5.41) is 16.3. The third-order valence-electron chi connectivity index (χ3n) is 4.58. The lowest BCUT2D eigenvalue weighted by Crippen LogP contribution is -2.37. The van der Waals surface area contributed by atoms with Gasteiger partial charge < -0.3 is 10.4 Å². The smallest absolute Gasteiger partial charge is 0.251 e. The number of hydrogen-bond acceptors (Lipinski definition) is 4. The van der Waals surface area contributed by atoms with E-state index < -0.39 is 0 Å². The van der Waals surface area contributed by atoms with Gasteiger partial charge in [-0.1, -0.05) is 13.8 Å². The topological polar surface area (TPSA) is 80.0 Å². The van der Waals surface area contributed by atoms with E-state index >= 15 is 0 Å². The van der Waals surface area contributed by atoms with Crippen molar-refractivity contribution in [1.29, 1.82) is 0 Å². The Balaban J connectivity index is 2.00. The van der Waals surface area contributed by atoms with E-state index in [2.05, 4.69) is 29.2 Å². The summed E-state index contributed by atoms with van der Waals surface area (Å²) < 4.78 is 1.64. The predicted octanol–water partition coefficient (Wildman–Crippen LogP) is 2.19. The number of carbonyl (C=O) groups is 1. The van der Waals surface area contributed by atoms with Crippen LogP contribution in [0.15, 0.2) is 36.9 Å². The van der Waals surface area contributed by atoms with E-state index in [0.717, 1.165) is 18.5 Å². The maximum atomic E-state index is 12.3. The van der Waals surface area contributed by atoms with Gasteiger partial charge in [-0.25, -0.2) is 9.67 Å². The number of hydrogen-bond donors (Lipinski definition) is 2. The van der Waals surface area contributed by atoms with Gasteiger partial charge in [0.25, 0.3) is 5.91 Å². The van der Waals surface area contributed by atoms with E-state index in [-0.39, 0.29) is 17.9 Å². The number of aliphatic hydroxyl groups is 1. The molecule has 2 aromatic rings. The largest absolute Gasteiger partial charge is 0.396 e. The van der Waals surface area contributed by atoms with Crippen LogP contribution in [-0.4, -0.2) is 38.9 Å². The van der Waals surface area contributed by atoms with Gasteiger partial charge in [0.05, 0.1) is 5.69 Å². The molecule has 0 atom stereocenters. The predicted molar refractivity (Wildman–Crippen MR) is 88.4 cm³/mol. The lowest BCUT2D eigenvalue weighted by Gasteiger charge is -2.31. The van der Waals surface area contributed by atoms with Crippen molar-refractivity contribution in [3.63, 3.8) is 0 Å². The first-order valence-corrected chi connectivity index (χ1v) is 7.98. The molecule has 0 spiro atoms. The second kappa shape index (κ2) is 7.87. The lowest BCUT2D eigenvalue weighted by atomic mass is 9.79. The average molecular weight is 316 g/mol. The molecule has 0 radical (unpaired) electrons. The number of aliphatic hydroxyl groups excluding tert-OH is 1. The Morgan fingerprint density at radius 3 is 2.48 bits per heavy atom. The van der Waals surface area contributed by atoms with Gasteiger partial charge in [0.2, 0.25) is 0 Å². The van der Waals surface area contributed by atoms with Gasteiger partial charge in [-0.2, -0.15) is 5.10 Å². The first-order valence-electron chi connectivity index (χ1n) is 7.98. The first-order chi connectivity index (χ1) is 11.1. The Bertz CT molecular complexity index is 604. The third kappa shape index (κ3) is 4.16. The van der Waals surface area contributed by atoms with E-state index in [1.54, 1.807) is 23.1 Å². The summed E-state index contributed by atoms with van der Waals surface area (Å²) in [4.78, 5) is 16.2. The van der Waals surface area contributed by atoms with Crippen LogP contribution >= 0.6 is 0 Å². The van der Waals surface area contributed by atoms with Crippen LogP contribution < -0.4 is 5.32 Å². The normalized spacial score (nSPS) is 11.4. The molecule has 0 fully saturated rings. The van der Waals surface area contributed by atoms with Gasteiger partial charge in [-0.15, -0.1) is 0 Å². The van der Waals surface area contributed by atoms with Crippen LogP contribution in [0.25, 0.3) is 5.69 Å². The van der Waals surface area contributed by atoms with E-state index in [1.807, 2.05) is 12.1 Å². The van der Waals surface area contributed by atoms with Crippen LogP contribution in [0.2, 0.25) is 0 Å². The van der Waals surface area contributed by atoms with Gasteiger partial charge in [-0.05, 0) is 48.9 Å². The fourth-order valence-electron chi connectivity index (χ4n) is 2.66. The zero-order chi connectivity index (χ0) is 16.7. The molecule has 0 aliphatic carbocycles. The van der Waals surface area contributed by atoms with E-state index in [4.69, 9.17) is 0 Å². The molecule has 0 saturated carbocycles. The van der Waals surface area contributed by atoms with Gasteiger partial charge in [0, 0.05) is 18.7 Å². The molecule has 0 unspecified atom stereocenters. The summed E-state index contributed by atoms with van der Waals surface area (Å²) in [6.07, 6.45) is 5.63. The molecular formula is C17H24N4O2. The summed E-state index contributed by atoms with van der Waals surface area (Å²) in [5.74, 6) is -0.0978. The zero-order valence-electron chi connectivity index (χ0n) is 13.7. The minimum absolute atomic E-state index is 0.0366. The number of carbonyl (C=O) groups excluding carboxylic acids is 1. The number of aromatic nitrogens is 3. The van der Waals surface area contributed by atoms with Crippen molar-refractivity contribution in [3.05, 3.63) is 42.5 Å². The van der Waals surface area contributed by atoms with Crippen molar-refractivity contribution < 1.29 is 9.90 Å². The molecule has 0 aliphatic heterocycles. The Hall–Kier alpha value is -2.21. The summed E-state index contributed by atoms with van der Waals surface area (Å²) in [5.41, 5.74) is 1.43. The van der Waals surface area contributed by atoms with Gasteiger partial charge >= 0.3 is 0 Å². The quantitative estimate of drug-likeness (QED) is 0.782. The molecule has 2 N–H and O–H groups in total. The molecular weight excluding hydrogens is 292 g/mol. The summed E-state index contributed by atoms with van der Waals surface area (Å²) in [6, 6.07) is 7.23. The number of benzene rings is 1. The summed E-state index contributed by atoms with van der Waals surface area (Å²) in [7, 11) is 0. The summed E-state index contributed by atoms with van der Waals surface area (Å²) in [6.45, 7) is 4.91. The molecule has 1 aromatic carbocycles. The molecule has 0 saturated heterocycles. The van der Waals surface area contributed by atoms with Crippen LogP contribution in [0.4, 0.5) is 0 Å². The highest BCUT2D eigenvalue weighted by Gasteiger charge is 2.26. The molecule has 2 rings (SSSR count). The van der Waals surface area contributed by atoms with Crippen LogP contribution in [0.1, 0.15) is 43.5 Å². The first kappa shape index (κ1) is 17.1.